The molecule has 2 heterocycles. The maximum atomic E-state index is 14.2. The van der Waals surface area contributed by atoms with Crippen LogP contribution in [0.4, 0.5) is 13.2 Å². The van der Waals surface area contributed by atoms with Crippen LogP contribution < -0.4 is 0 Å². The normalized spacial score (nSPS) is 16.4. The molecule has 2 aromatic carbocycles. The van der Waals surface area contributed by atoms with Crippen molar-refractivity contribution < 1.29 is 22.7 Å². The molecule has 4 rings (SSSR count). The van der Waals surface area contributed by atoms with E-state index >= 15 is 0 Å². The highest BCUT2D eigenvalue weighted by Gasteiger charge is 2.39. The molecule has 3 aromatic rings. The Balaban J connectivity index is 1.82. The molecule has 1 unspecified atom stereocenters. The van der Waals surface area contributed by atoms with Crippen LogP contribution in [-0.4, -0.2) is 41.7 Å². The molecule has 1 aromatic heterocycles. The van der Waals surface area contributed by atoms with E-state index in [0.29, 0.717) is 29.3 Å². The third-order valence-corrected chi connectivity index (χ3v) is 6.28. The van der Waals surface area contributed by atoms with Crippen LogP contribution in [0.3, 0.4) is 0 Å². The molecule has 0 radical (unpaired) electrons. The summed E-state index contributed by atoms with van der Waals surface area (Å²) < 4.78 is 49.4. The summed E-state index contributed by atoms with van der Waals surface area (Å²) >= 11 is 6.00. The molecule has 0 N–H and O–H groups in total. The van der Waals surface area contributed by atoms with Gasteiger partial charge in [-0.3, -0.25) is 4.79 Å². The highest BCUT2D eigenvalue weighted by Crippen LogP contribution is 2.38. The average molecular weight is 491 g/mol. The molecule has 0 aliphatic carbocycles. The lowest BCUT2D eigenvalue weighted by atomic mass is 10.0. The van der Waals surface area contributed by atoms with E-state index < -0.39 is 17.8 Å². The minimum atomic E-state index is -4.64. The Morgan fingerprint density at radius 1 is 1.12 bits per heavy atom. The second-order valence-corrected chi connectivity index (χ2v) is 8.98. The Morgan fingerprint density at radius 2 is 1.82 bits per heavy atom. The number of likely N-dealkylation sites (N-methyl/N-ethyl adjacent to an activating group) is 1. The lowest BCUT2D eigenvalue weighted by Crippen LogP contribution is -2.38. The molecular weight excluding hydrogens is 465 g/mol. The number of halogens is 4. The fourth-order valence-electron chi connectivity index (χ4n) is 4.31. The van der Waals surface area contributed by atoms with Crippen LogP contribution in [0, 0.1) is 0 Å². The highest BCUT2D eigenvalue weighted by molar-refractivity contribution is 6.30. The van der Waals surface area contributed by atoms with Crippen molar-refractivity contribution in [2.75, 3.05) is 20.2 Å². The topological polar surface area (TPSA) is 34.5 Å². The first-order valence-electron chi connectivity index (χ1n) is 11.2. The number of rotatable bonds is 6. The molecule has 180 valence electrons. The molecule has 1 saturated heterocycles. The number of carbonyl (C=O) groups excluding carboxylic acids is 1. The molecule has 1 aliphatic heterocycles. The van der Waals surface area contributed by atoms with E-state index in [4.69, 9.17) is 16.3 Å². The van der Waals surface area contributed by atoms with Crippen LogP contribution in [0.2, 0.25) is 5.02 Å². The number of carbonyl (C=O) groups is 1. The molecule has 1 atom stereocenters. The third kappa shape index (κ3) is 5.47. The van der Waals surface area contributed by atoms with E-state index in [9.17, 15) is 18.0 Å². The molecule has 1 aliphatic rings. The van der Waals surface area contributed by atoms with Crippen molar-refractivity contribution in [3.63, 3.8) is 0 Å². The minimum Gasteiger partial charge on any atom is -0.376 e. The largest absolute Gasteiger partial charge is 0.431 e. The van der Waals surface area contributed by atoms with Crippen LogP contribution in [0.15, 0.2) is 60.7 Å². The van der Waals surface area contributed by atoms with E-state index in [1.54, 1.807) is 61.6 Å². The Morgan fingerprint density at radius 3 is 2.44 bits per heavy atom. The van der Waals surface area contributed by atoms with E-state index in [2.05, 4.69) is 0 Å². The summed E-state index contributed by atoms with van der Waals surface area (Å²) in [6, 6.07) is 16.3. The van der Waals surface area contributed by atoms with Gasteiger partial charge < -0.3 is 14.2 Å². The van der Waals surface area contributed by atoms with Gasteiger partial charge in [0.15, 0.2) is 0 Å². The van der Waals surface area contributed by atoms with Gasteiger partial charge in [-0.05, 0) is 48.6 Å². The van der Waals surface area contributed by atoms with E-state index in [-0.39, 0.29) is 23.9 Å². The SMILES string of the molecule is CN(CC1CCCCO1)C(=O)c1c(-c2ccc(Cl)cc2)cc(C(F)(F)F)n1Cc1ccccc1. The molecule has 8 heteroatoms. The van der Waals surface area contributed by atoms with Crippen molar-refractivity contribution in [2.45, 2.75) is 38.1 Å². The van der Waals surface area contributed by atoms with Gasteiger partial charge in [0.1, 0.15) is 11.4 Å². The lowest BCUT2D eigenvalue weighted by molar-refractivity contribution is -0.143. The number of nitrogens with zero attached hydrogens (tertiary/aromatic N) is 2. The number of hydrogen-bond acceptors (Lipinski definition) is 2. The first-order valence-corrected chi connectivity index (χ1v) is 11.6. The van der Waals surface area contributed by atoms with Crippen LogP contribution in [0.1, 0.15) is 41.0 Å². The summed E-state index contributed by atoms with van der Waals surface area (Å²) in [6.07, 6.45) is -1.96. The zero-order valence-corrected chi connectivity index (χ0v) is 19.6. The molecule has 1 amide bonds. The van der Waals surface area contributed by atoms with Gasteiger partial charge in [-0.1, -0.05) is 54.1 Å². The maximum absolute atomic E-state index is 14.2. The monoisotopic (exact) mass is 490 g/mol. The van der Waals surface area contributed by atoms with Gasteiger partial charge in [0, 0.05) is 37.3 Å². The van der Waals surface area contributed by atoms with Gasteiger partial charge in [0.2, 0.25) is 0 Å². The number of ether oxygens (including phenoxy) is 1. The Labute approximate surface area is 201 Å². The van der Waals surface area contributed by atoms with Gasteiger partial charge in [-0.2, -0.15) is 13.2 Å². The first-order chi connectivity index (χ1) is 16.2. The second-order valence-electron chi connectivity index (χ2n) is 8.54. The summed E-state index contributed by atoms with van der Waals surface area (Å²) in [7, 11) is 1.61. The van der Waals surface area contributed by atoms with Gasteiger partial charge in [0.05, 0.1) is 6.10 Å². The summed E-state index contributed by atoms with van der Waals surface area (Å²) in [5.74, 6) is -0.481. The number of alkyl halides is 3. The summed E-state index contributed by atoms with van der Waals surface area (Å²) in [5, 5.41) is 0.461. The van der Waals surface area contributed by atoms with Gasteiger partial charge in [-0.15, -0.1) is 0 Å². The number of hydrogen-bond donors (Lipinski definition) is 0. The number of amides is 1. The van der Waals surface area contributed by atoms with E-state index in [0.717, 1.165) is 29.9 Å². The number of aromatic nitrogens is 1. The Bertz CT molecular complexity index is 1120. The van der Waals surface area contributed by atoms with E-state index in [1.807, 2.05) is 0 Å². The number of benzene rings is 2. The molecule has 0 bridgehead atoms. The molecule has 0 saturated carbocycles. The van der Waals surface area contributed by atoms with Crippen molar-refractivity contribution in [1.82, 2.24) is 9.47 Å². The summed E-state index contributed by atoms with van der Waals surface area (Å²) in [4.78, 5) is 15.2. The fourth-order valence-corrected chi connectivity index (χ4v) is 4.44. The van der Waals surface area contributed by atoms with Crippen molar-refractivity contribution in [3.05, 3.63) is 82.6 Å². The van der Waals surface area contributed by atoms with Crippen molar-refractivity contribution >= 4 is 17.5 Å². The molecule has 0 spiro atoms. The van der Waals surface area contributed by atoms with Gasteiger partial charge in [0.25, 0.3) is 5.91 Å². The Kier molecular flexibility index (Phi) is 7.33. The standard InChI is InChI=1S/C26H26ClF3N2O2/c1-31(17-21-9-5-6-14-34-21)25(33)24-22(19-10-12-20(27)13-11-19)15-23(26(28,29)30)32(24)16-18-7-3-2-4-8-18/h2-4,7-8,10-13,15,21H,5-6,9,14,16-17H2,1H3. The molecule has 34 heavy (non-hydrogen) atoms. The predicted molar refractivity (Wildman–Crippen MR) is 126 cm³/mol. The second kappa shape index (κ2) is 10.2. The van der Waals surface area contributed by atoms with Crippen LogP contribution >= 0.6 is 11.6 Å². The zero-order chi connectivity index (χ0) is 24.3. The zero-order valence-electron chi connectivity index (χ0n) is 18.8. The lowest BCUT2D eigenvalue weighted by Gasteiger charge is -2.28. The molecule has 4 nitrogen and oxygen atoms in total. The quantitative estimate of drug-likeness (QED) is 0.394. The highest BCUT2D eigenvalue weighted by atomic mass is 35.5. The van der Waals surface area contributed by atoms with Crippen LogP contribution in [0.25, 0.3) is 11.1 Å². The average Bonchev–Trinajstić information content (AvgIpc) is 3.20. The third-order valence-electron chi connectivity index (χ3n) is 6.03. The minimum absolute atomic E-state index is 0.00295. The Hall–Kier alpha value is -2.77. The van der Waals surface area contributed by atoms with Crippen molar-refractivity contribution in [1.29, 1.82) is 0 Å². The van der Waals surface area contributed by atoms with Crippen LogP contribution in [-0.2, 0) is 17.5 Å². The smallest absolute Gasteiger partial charge is 0.376 e. The first kappa shape index (κ1) is 24.4. The predicted octanol–water partition coefficient (Wildman–Crippen LogP) is 6.52. The van der Waals surface area contributed by atoms with Crippen LogP contribution in [0.5, 0.6) is 0 Å². The maximum Gasteiger partial charge on any atom is 0.431 e. The van der Waals surface area contributed by atoms with Crippen molar-refractivity contribution in [2.24, 2.45) is 0 Å². The van der Waals surface area contributed by atoms with Crippen molar-refractivity contribution in [3.8, 4) is 11.1 Å². The van der Waals surface area contributed by atoms with Gasteiger partial charge in [-0.25, -0.2) is 0 Å². The summed E-state index contributed by atoms with van der Waals surface area (Å²) in [5.41, 5.74) is 0.510. The summed E-state index contributed by atoms with van der Waals surface area (Å²) in [6.45, 7) is 0.861. The fraction of sp³-hybridized carbons (Fsp3) is 0.346. The molecule has 1 fully saturated rings. The molecular formula is C26H26ClF3N2O2. The van der Waals surface area contributed by atoms with Gasteiger partial charge >= 0.3 is 6.18 Å². The van der Waals surface area contributed by atoms with E-state index in [1.165, 1.54) is 4.90 Å².